The monoisotopic (exact) mass is 484 g/mol. The molecule has 4 N–H and O–H groups in total. The first-order chi connectivity index (χ1) is 16.0. The van der Waals surface area contributed by atoms with Crippen molar-refractivity contribution in [2.45, 2.75) is 50.5 Å². The van der Waals surface area contributed by atoms with Gasteiger partial charge in [0.2, 0.25) is 0 Å². The molecule has 2 aromatic rings. The van der Waals surface area contributed by atoms with Crippen molar-refractivity contribution in [3.05, 3.63) is 40.8 Å². The molecule has 3 fully saturated rings. The van der Waals surface area contributed by atoms with E-state index in [9.17, 15) is 5.26 Å². The third-order valence-electron chi connectivity index (χ3n) is 6.87. The minimum absolute atomic E-state index is 0.0830. The predicted molar refractivity (Wildman–Crippen MR) is 131 cm³/mol. The number of H-pyrrole nitrogens is 1. The number of fused-ring (bicyclic) bond motifs is 1. The molecule has 1 saturated heterocycles. The highest BCUT2D eigenvalue weighted by atomic mass is 35.5. The van der Waals surface area contributed by atoms with E-state index in [1.54, 1.807) is 0 Å². The lowest BCUT2D eigenvalue weighted by atomic mass is 9.88. The number of aromatic amines is 1. The Kier molecular flexibility index (Phi) is 6.17. The van der Waals surface area contributed by atoms with Gasteiger partial charge in [0.1, 0.15) is 0 Å². The van der Waals surface area contributed by atoms with E-state index in [0.717, 1.165) is 79.6 Å². The molecule has 0 radical (unpaired) electrons. The number of nitrogens with zero attached hydrogens (tertiary/aromatic N) is 4. The van der Waals surface area contributed by atoms with E-state index in [1.165, 1.54) is 6.20 Å². The van der Waals surface area contributed by atoms with Crippen molar-refractivity contribution in [2.75, 3.05) is 25.0 Å². The van der Waals surface area contributed by atoms with Gasteiger partial charge in [0.15, 0.2) is 16.4 Å². The molecule has 0 atom stereocenters. The zero-order valence-corrected chi connectivity index (χ0v) is 20.0. The fourth-order valence-electron chi connectivity index (χ4n) is 4.49. The second-order valence-electron chi connectivity index (χ2n) is 9.48. The summed E-state index contributed by atoms with van der Waals surface area (Å²) >= 11 is 13.0. The highest BCUT2D eigenvalue weighted by Gasteiger charge is 2.44. The van der Waals surface area contributed by atoms with Crippen molar-refractivity contribution in [2.24, 2.45) is 16.1 Å². The molecular weight excluding hydrogens is 457 g/mol. The Balaban J connectivity index is 1.31. The molecule has 0 spiro atoms. The van der Waals surface area contributed by atoms with Gasteiger partial charge in [0.25, 0.3) is 0 Å². The van der Waals surface area contributed by atoms with Gasteiger partial charge in [-0.25, -0.2) is 10.3 Å². The van der Waals surface area contributed by atoms with Crippen LogP contribution in [0.15, 0.2) is 35.2 Å². The molecule has 0 unspecified atom stereocenters. The Bertz CT molecular complexity index is 1150. The molecule has 5 rings (SSSR count). The summed E-state index contributed by atoms with van der Waals surface area (Å²) in [4.78, 5) is 14.7. The Hall–Kier alpha value is -2.40. The first-order valence-corrected chi connectivity index (χ1v) is 12.3. The van der Waals surface area contributed by atoms with Crippen LogP contribution in [0, 0.1) is 16.7 Å². The fraction of sp³-hybridized carbons (Fsp3) is 0.500. The van der Waals surface area contributed by atoms with E-state index in [4.69, 9.17) is 33.9 Å². The normalized spacial score (nSPS) is 21.7. The van der Waals surface area contributed by atoms with Crippen LogP contribution in [-0.2, 0) is 0 Å². The van der Waals surface area contributed by atoms with Gasteiger partial charge in [0.05, 0.1) is 23.7 Å². The summed E-state index contributed by atoms with van der Waals surface area (Å²) in [5, 5.41) is 14.6. The summed E-state index contributed by atoms with van der Waals surface area (Å²) in [6.07, 6.45) is 9.56. The number of nitriles is 1. The van der Waals surface area contributed by atoms with Crippen LogP contribution in [0.2, 0.25) is 5.02 Å². The lowest BCUT2D eigenvalue weighted by Crippen LogP contribution is -2.37. The van der Waals surface area contributed by atoms with Crippen molar-refractivity contribution in [3.8, 4) is 6.07 Å². The van der Waals surface area contributed by atoms with E-state index in [2.05, 4.69) is 32.3 Å². The number of anilines is 1. The minimum atomic E-state index is -0.0830. The van der Waals surface area contributed by atoms with Gasteiger partial charge >= 0.3 is 5.95 Å². The van der Waals surface area contributed by atoms with E-state index in [-0.39, 0.29) is 5.41 Å². The second-order valence-corrected chi connectivity index (χ2v) is 10.2. The highest BCUT2D eigenvalue weighted by molar-refractivity contribution is 6.69. The third-order valence-corrected chi connectivity index (χ3v) is 7.50. The van der Waals surface area contributed by atoms with Crippen molar-refractivity contribution in [3.63, 3.8) is 0 Å². The number of benzene rings is 1. The fourth-order valence-corrected chi connectivity index (χ4v) is 5.07. The lowest BCUT2D eigenvalue weighted by molar-refractivity contribution is -0.362. The number of aliphatic imine (C=N–C) groups is 1. The SMILES string of the molecule is N#CC1(CN2CCC(c3cc4nc(N/C(=C/N)C(Cl)=NC5CC5)[nH+]cc4cc3Cl)CC2)CC1. The molecule has 0 amide bonds. The van der Waals surface area contributed by atoms with Crippen molar-refractivity contribution in [1.29, 1.82) is 5.26 Å². The van der Waals surface area contributed by atoms with Crippen molar-refractivity contribution in [1.82, 2.24) is 9.88 Å². The summed E-state index contributed by atoms with van der Waals surface area (Å²) in [7, 11) is 0. The van der Waals surface area contributed by atoms with Gasteiger partial charge in [-0.05, 0) is 75.2 Å². The first-order valence-electron chi connectivity index (χ1n) is 11.6. The molecule has 0 bridgehead atoms. The lowest BCUT2D eigenvalue weighted by Gasteiger charge is -2.33. The third kappa shape index (κ3) is 5.08. The van der Waals surface area contributed by atoms with Gasteiger partial charge < -0.3 is 10.6 Å². The van der Waals surface area contributed by atoms with E-state index in [0.29, 0.717) is 28.8 Å². The number of nitrogens with one attached hydrogen (secondary N) is 2. The van der Waals surface area contributed by atoms with Crippen LogP contribution in [-0.4, -0.2) is 40.7 Å². The summed E-state index contributed by atoms with van der Waals surface area (Å²) in [6.45, 7) is 2.89. The maximum Gasteiger partial charge on any atom is 0.394 e. The molecule has 172 valence electrons. The summed E-state index contributed by atoms with van der Waals surface area (Å²) in [6, 6.07) is 6.88. The number of allylic oxidation sites excluding steroid dienone is 1. The van der Waals surface area contributed by atoms with Gasteiger partial charge in [-0.15, -0.1) is 0 Å². The number of piperidine rings is 1. The Labute approximate surface area is 203 Å². The summed E-state index contributed by atoms with van der Waals surface area (Å²) in [5.41, 5.74) is 8.20. The maximum atomic E-state index is 9.39. The van der Waals surface area contributed by atoms with Gasteiger partial charge in [-0.3, -0.25) is 4.99 Å². The molecule has 3 aliphatic rings. The Morgan fingerprint density at radius 3 is 2.73 bits per heavy atom. The van der Waals surface area contributed by atoms with Crippen LogP contribution in [0.3, 0.4) is 0 Å². The number of halogens is 2. The number of hydrogen-bond donors (Lipinski definition) is 2. The van der Waals surface area contributed by atoms with Crippen LogP contribution in [0.1, 0.15) is 50.0 Å². The topological polar surface area (TPSA) is 104 Å². The maximum absolute atomic E-state index is 9.39. The molecule has 2 aliphatic carbocycles. The van der Waals surface area contributed by atoms with Crippen LogP contribution in [0.25, 0.3) is 10.9 Å². The smallest absolute Gasteiger partial charge is 0.394 e. The number of nitrogens with two attached hydrogens (primary N) is 1. The van der Waals surface area contributed by atoms with E-state index >= 15 is 0 Å². The standard InChI is InChI=1S/C24H27Cl2N7/c25-19-9-16-12-29-23(32-21(11-27)22(26)30-17-1-2-17)31-20(16)10-18(19)15-3-7-33(8-4-15)14-24(13-28)5-6-24/h9-12,15,17H,1-8,14,27H2,(H,29,31,32)/p+1/b21-11+,30-22?. The summed E-state index contributed by atoms with van der Waals surface area (Å²) in [5.74, 6) is 0.926. The first kappa shape index (κ1) is 22.4. The minimum Gasteiger partial charge on any atom is -0.402 e. The molecule has 2 saturated carbocycles. The van der Waals surface area contributed by atoms with Gasteiger partial charge in [-0.1, -0.05) is 28.2 Å². The average Bonchev–Trinajstić information content (AvgIpc) is 3.75. The van der Waals surface area contributed by atoms with Crippen LogP contribution in [0.4, 0.5) is 5.95 Å². The number of aromatic nitrogens is 2. The molecule has 1 aromatic heterocycles. The molecular formula is C24H28Cl2N7+. The van der Waals surface area contributed by atoms with Crippen LogP contribution < -0.4 is 16.0 Å². The molecule has 9 heteroatoms. The largest absolute Gasteiger partial charge is 0.402 e. The van der Waals surface area contributed by atoms with E-state index < -0.39 is 0 Å². The van der Waals surface area contributed by atoms with Crippen molar-refractivity contribution < 1.29 is 4.98 Å². The van der Waals surface area contributed by atoms with Gasteiger partial charge in [0, 0.05) is 23.2 Å². The average molecular weight is 485 g/mol. The second kappa shape index (κ2) is 9.09. The molecule has 2 heterocycles. The zero-order chi connectivity index (χ0) is 23.0. The van der Waals surface area contributed by atoms with Crippen molar-refractivity contribution >= 4 is 45.2 Å². The van der Waals surface area contributed by atoms with E-state index in [1.807, 2.05) is 12.3 Å². The predicted octanol–water partition coefficient (Wildman–Crippen LogP) is 4.20. The zero-order valence-electron chi connectivity index (χ0n) is 18.5. The molecule has 1 aliphatic heterocycles. The number of likely N-dealkylation sites (tertiary alicyclic amines) is 1. The van der Waals surface area contributed by atoms with Gasteiger partial charge in [-0.2, -0.15) is 5.26 Å². The highest BCUT2D eigenvalue weighted by Crippen LogP contribution is 2.46. The summed E-state index contributed by atoms with van der Waals surface area (Å²) < 4.78 is 0. The molecule has 7 nitrogen and oxygen atoms in total. The van der Waals surface area contributed by atoms with Crippen LogP contribution in [0.5, 0.6) is 0 Å². The number of rotatable bonds is 7. The van der Waals surface area contributed by atoms with Crippen LogP contribution >= 0.6 is 23.2 Å². The Morgan fingerprint density at radius 2 is 2.09 bits per heavy atom. The Morgan fingerprint density at radius 1 is 1.33 bits per heavy atom. The molecule has 33 heavy (non-hydrogen) atoms. The number of hydrogen-bond acceptors (Lipinski definition) is 6. The quantitative estimate of drug-likeness (QED) is 0.572. The molecule has 1 aromatic carbocycles.